The fourth-order valence-electron chi connectivity index (χ4n) is 3.05. The highest BCUT2D eigenvalue weighted by molar-refractivity contribution is 7.98. The van der Waals surface area contributed by atoms with Crippen molar-refractivity contribution in [3.8, 4) is 11.1 Å². The van der Waals surface area contributed by atoms with Crippen molar-refractivity contribution in [2.24, 2.45) is 0 Å². The lowest BCUT2D eigenvalue weighted by molar-refractivity contribution is 0.930. The molecule has 4 rings (SSSR count). The van der Waals surface area contributed by atoms with E-state index in [2.05, 4.69) is 16.7 Å². The Balaban J connectivity index is 0.00000109. The van der Waals surface area contributed by atoms with Gasteiger partial charge in [0.05, 0.1) is 17.6 Å². The van der Waals surface area contributed by atoms with Crippen LogP contribution in [-0.2, 0) is 11.5 Å². The van der Waals surface area contributed by atoms with Crippen LogP contribution in [0.3, 0.4) is 0 Å². The van der Waals surface area contributed by atoms with E-state index in [-0.39, 0.29) is 0 Å². The van der Waals surface area contributed by atoms with Crippen LogP contribution in [0.5, 0.6) is 0 Å². The third-order valence-electron chi connectivity index (χ3n) is 4.45. The summed E-state index contributed by atoms with van der Waals surface area (Å²) in [6.07, 6.45) is 11.3. The largest absolute Gasteiger partial charge is 0.383 e. The average Bonchev–Trinajstić information content (AvgIpc) is 3.38. The topological polar surface area (TPSA) is 69.1 Å². The summed E-state index contributed by atoms with van der Waals surface area (Å²) in [6.45, 7) is 9.70. The monoisotopic (exact) mass is 391 g/mol. The zero-order valence-corrected chi connectivity index (χ0v) is 17.3. The minimum Gasteiger partial charge on any atom is -0.383 e. The summed E-state index contributed by atoms with van der Waals surface area (Å²) in [5, 5.41) is 4.44. The standard InChI is InChI=1S/C20H19N5S.C2H6/c1-3-5-6-13(4-2)17-8-7-14(9-22-17)15-10-23-25-19(21)16-11-26-12-18(16)24-20(15)25;1-2/h3-10H,1,11-12,21H2,2H3;1-2H3/b6-5-,13-4+;. The first-order valence-electron chi connectivity index (χ1n) is 9.38. The summed E-state index contributed by atoms with van der Waals surface area (Å²) >= 11 is 1.83. The molecule has 1 aliphatic heterocycles. The van der Waals surface area contributed by atoms with Crippen LogP contribution in [0.1, 0.15) is 37.7 Å². The van der Waals surface area contributed by atoms with Crippen LogP contribution in [-0.4, -0.2) is 19.6 Å². The Morgan fingerprint density at radius 2 is 2.07 bits per heavy atom. The van der Waals surface area contributed by atoms with Gasteiger partial charge in [-0.1, -0.05) is 50.8 Å². The number of aromatic nitrogens is 4. The molecule has 2 N–H and O–H groups in total. The molecular formula is C22H25N5S. The Morgan fingerprint density at radius 1 is 1.25 bits per heavy atom. The highest BCUT2D eigenvalue weighted by Gasteiger charge is 2.21. The second-order valence-corrected chi connectivity index (χ2v) is 6.97. The summed E-state index contributed by atoms with van der Waals surface area (Å²) < 4.78 is 1.73. The molecule has 0 unspecified atom stereocenters. The molecule has 1 aliphatic rings. The first-order chi connectivity index (χ1) is 13.7. The molecule has 28 heavy (non-hydrogen) atoms. The van der Waals surface area contributed by atoms with Crippen molar-refractivity contribution in [3.63, 3.8) is 0 Å². The maximum atomic E-state index is 6.30. The van der Waals surface area contributed by atoms with E-state index in [1.54, 1.807) is 10.6 Å². The van der Waals surface area contributed by atoms with Gasteiger partial charge in [0.2, 0.25) is 0 Å². The van der Waals surface area contributed by atoms with Crippen molar-refractivity contribution in [2.75, 3.05) is 5.73 Å². The normalized spacial score (nSPS) is 13.5. The zero-order valence-electron chi connectivity index (χ0n) is 16.5. The lowest BCUT2D eigenvalue weighted by atomic mass is 10.1. The smallest absolute Gasteiger partial charge is 0.165 e. The summed E-state index contributed by atoms with van der Waals surface area (Å²) in [5.74, 6) is 2.49. The number of fused-ring (bicyclic) bond motifs is 2. The van der Waals surface area contributed by atoms with E-state index in [4.69, 9.17) is 10.7 Å². The highest BCUT2D eigenvalue weighted by Crippen LogP contribution is 2.35. The van der Waals surface area contributed by atoms with E-state index in [9.17, 15) is 0 Å². The molecule has 4 heterocycles. The fraction of sp³-hybridized carbons (Fsp3) is 0.227. The lowest BCUT2D eigenvalue weighted by Gasteiger charge is -2.07. The van der Waals surface area contributed by atoms with Crippen LogP contribution in [0.15, 0.2) is 55.4 Å². The molecule has 0 saturated heterocycles. The van der Waals surface area contributed by atoms with Crippen LogP contribution in [0.25, 0.3) is 22.3 Å². The number of hydrogen-bond acceptors (Lipinski definition) is 5. The van der Waals surface area contributed by atoms with Gasteiger partial charge < -0.3 is 5.73 Å². The van der Waals surface area contributed by atoms with Crippen LogP contribution in [0.2, 0.25) is 0 Å². The van der Waals surface area contributed by atoms with Gasteiger partial charge >= 0.3 is 0 Å². The summed E-state index contributed by atoms with van der Waals surface area (Å²) in [5.41, 5.74) is 13.1. The van der Waals surface area contributed by atoms with Gasteiger partial charge in [-0.05, 0) is 18.6 Å². The molecule has 0 aromatic carbocycles. The molecule has 0 aliphatic carbocycles. The van der Waals surface area contributed by atoms with Crippen LogP contribution < -0.4 is 5.73 Å². The highest BCUT2D eigenvalue weighted by atomic mass is 32.2. The number of hydrogen-bond donors (Lipinski definition) is 1. The Labute approximate surface area is 170 Å². The number of pyridine rings is 1. The van der Waals surface area contributed by atoms with E-state index in [0.29, 0.717) is 5.82 Å². The predicted octanol–water partition coefficient (Wildman–Crippen LogP) is 5.29. The molecule has 0 spiro atoms. The molecule has 3 aromatic heterocycles. The summed E-state index contributed by atoms with van der Waals surface area (Å²) in [7, 11) is 0. The molecular weight excluding hydrogens is 366 g/mol. The van der Waals surface area contributed by atoms with Gasteiger partial charge in [0.25, 0.3) is 0 Å². The van der Waals surface area contributed by atoms with Gasteiger partial charge in [-0.25, -0.2) is 4.98 Å². The summed E-state index contributed by atoms with van der Waals surface area (Å²) in [4.78, 5) is 9.41. The van der Waals surface area contributed by atoms with E-state index >= 15 is 0 Å². The van der Waals surface area contributed by atoms with Gasteiger partial charge in [-0.15, -0.1) is 0 Å². The Morgan fingerprint density at radius 3 is 2.75 bits per heavy atom. The quantitative estimate of drug-likeness (QED) is 0.612. The minimum absolute atomic E-state index is 0.691. The number of anilines is 1. The van der Waals surface area contributed by atoms with E-state index in [1.807, 2.05) is 75.3 Å². The van der Waals surface area contributed by atoms with Crippen LogP contribution >= 0.6 is 11.8 Å². The minimum atomic E-state index is 0.691. The molecule has 5 nitrogen and oxygen atoms in total. The van der Waals surface area contributed by atoms with Gasteiger partial charge in [-0.2, -0.15) is 21.4 Å². The number of rotatable bonds is 4. The van der Waals surface area contributed by atoms with Crippen LogP contribution in [0.4, 0.5) is 5.82 Å². The van der Waals surface area contributed by atoms with E-state index in [1.165, 1.54) is 0 Å². The molecule has 3 aromatic rings. The first-order valence-corrected chi connectivity index (χ1v) is 10.5. The second-order valence-electron chi connectivity index (χ2n) is 5.98. The van der Waals surface area contributed by atoms with Crippen molar-refractivity contribution in [2.45, 2.75) is 32.3 Å². The Kier molecular flexibility index (Phi) is 6.31. The van der Waals surface area contributed by atoms with Gasteiger partial charge in [0.15, 0.2) is 5.65 Å². The Hall–Kier alpha value is -2.86. The maximum Gasteiger partial charge on any atom is 0.165 e. The predicted molar refractivity (Wildman–Crippen MR) is 120 cm³/mol. The number of allylic oxidation sites excluding steroid dienone is 5. The molecule has 144 valence electrons. The van der Waals surface area contributed by atoms with Crippen molar-refractivity contribution in [1.29, 1.82) is 0 Å². The van der Waals surface area contributed by atoms with Gasteiger partial charge in [0, 0.05) is 34.4 Å². The zero-order chi connectivity index (χ0) is 20.1. The van der Waals surface area contributed by atoms with Crippen molar-refractivity contribution in [1.82, 2.24) is 19.6 Å². The second kappa shape index (κ2) is 8.89. The van der Waals surface area contributed by atoms with Gasteiger partial charge in [0.1, 0.15) is 5.82 Å². The first kappa shape index (κ1) is 19.9. The van der Waals surface area contributed by atoms with Crippen LogP contribution in [0, 0.1) is 0 Å². The number of nitrogens with two attached hydrogens (primary N) is 1. The molecule has 0 amide bonds. The SMILES string of the molecule is C=C/C=C\C(=C/C)c1ccc(-c2cnn3c(N)c4c(nc23)CSC4)cn1.CC. The maximum absolute atomic E-state index is 6.30. The Bertz CT molecular complexity index is 1040. The lowest BCUT2D eigenvalue weighted by Crippen LogP contribution is -2.06. The molecule has 0 atom stereocenters. The molecule has 0 bridgehead atoms. The summed E-state index contributed by atoms with van der Waals surface area (Å²) in [6, 6.07) is 4.05. The number of thioether (sulfide) groups is 1. The average molecular weight is 392 g/mol. The third kappa shape index (κ3) is 3.60. The van der Waals surface area contributed by atoms with Crippen molar-refractivity contribution < 1.29 is 0 Å². The number of nitrogens with zero attached hydrogens (tertiary/aromatic N) is 4. The molecule has 0 fully saturated rings. The molecule has 6 heteroatoms. The van der Waals surface area contributed by atoms with E-state index < -0.39 is 0 Å². The molecule has 0 saturated carbocycles. The van der Waals surface area contributed by atoms with Gasteiger partial charge in [-0.3, -0.25) is 4.98 Å². The van der Waals surface area contributed by atoms with Crippen molar-refractivity contribution in [3.05, 3.63) is 72.4 Å². The fourth-order valence-corrected chi connectivity index (χ4v) is 4.10. The number of nitrogen functional groups attached to an aromatic ring is 1. The third-order valence-corrected chi connectivity index (χ3v) is 5.42. The van der Waals surface area contributed by atoms with E-state index in [0.717, 1.165) is 50.8 Å². The van der Waals surface area contributed by atoms with Crippen molar-refractivity contribution >= 4 is 28.8 Å². The molecule has 0 radical (unpaired) electrons.